The van der Waals surface area contributed by atoms with Gasteiger partial charge in [-0.1, -0.05) is 65.8 Å². The third-order valence-electron chi connectivity index (χ3n) is 3.65. The van der Waals surface area contributed by atoms with E-state index in [-0.39, 0.29) is 11.2 Å². The number of benzene rings is 2. The van der Waals surface area contributed by atoms with E-state index in [0.29, 0.717) is 11.6 Å². The third kappa shape index (κ3) is 4.08. The van der Waals surface area contributed by atoms with E-state index >= 15 is 0 Å². The first-order valence-electron chi connectivity index (χ1n) is 7.67. The van der Waals surface area contributed by atoms with Crippen LogP contribution in [0.15, 0.2) is 65.7 Å². The van der Waals surface area contributed by atoms with Gasteiger partial charge in [0.1, 0.15) is 0 Å². The summed E-state index contributed by atoms with van der Waals surface area (Å²) in [5.74, 6) is -0.0325. The van der Waals surface area contributed by atoms with Crippen molar-refractivity contribution in [3.63, 3.8) is 0 Å². The van der Waals surface area contributed by atoms with Crippen molar-refractivity contribution in [3.8, 4) is 0 Å². The van der Waals surface area contributed by atoms with E-state index in [4.69, 9.17) is 11.6 Å². The van der Waals surface area contributed by atoms with Gasteiger partial charge in [0, 0.05) is 17.0 Å². The van der Waals surface area contributed by atoms with E-state index in [9.17, 15) is 4.79 Å². The van der Waals surface area contributed by atoms with E-state index in [1.165, 1.54) is 11.8 Å². The fourth-order valence-electron chi connectivity index (χ4n) is 2.32. The number of halogens is 1. The fourth-order valence-corrected chi connectivity index (χ4v) is 3.37. The Labute approximate surface area is 150 Å². The van der Waals surface area contributed by atoms with Gasteiger partial charge in [-0.2, -0.15) is 0 Å². The van der Waals surface area contributed by atoms with E-state index < -0.39 is 0 Å². The molecule has 122 valence electrons. The summed E-state index contributed by atoms with van der Waals surface area (Å²) in [6.45, 7) is 2.30. The minimum atomic E-state index is -0.235. The quantitative estimate of drug-likeness (QED) is 0.674. The van der Waals surface area contributed by atoms with E-state index in [1.54, 1.807) is 0 Å². The maximum Gasteiger partial charge on any atom is 0.233 e. The molecule has 1 amide bonds. The Balaban J connectivity index is 1.61. The molecule has 0 saturated heterocycles. The smallest absolute Gasteiger partial charge is 0.233 e. The number of para-hydroxylation sites is 1. The number of amides is 1. The van der Waals surface area contributed by atoms with Gasteiger partial charge in [-0.05, 0) is 30.7 Å². The molecule has 1 heterocycles. The highest BCUT2D eigenvalue weighted by atomic mass is 35.5. The number of rotatable bonds is 5. The average molecular weight is 357 g/mol. The molecule has 24 heavy (non-hydrogen) atoms. The molecule has 0 saturated carbocycles. The van der Waals surface area contributed by atoms with Crippen LogP contribution in [0.25, 0.3) is 10.9 Å². The Morgan fingerprint density at radius 1 is 1.12 bits per heavy atom. The van der Waals surface area contributed by atoms with Crippen LogP contribution in [0.3, 0.4) is 0 Å². The van der Waals surface area contributed by atoms with Crippen LogP contribution in [-0.2, 0) is 11.3 Å². The van der Waals surface area contributed by atoms with Crippen molar-refractivity contribution in [1.29, 1.82) is 0 Å². The molecule has 0 aliphatic heterocycles. The number of aromatic nitrogens is 1. The summed E-state index contributed by atoms with van der Waals surface area (Å²) in [6, 6.07) is 19.4. The second kappa shape index (κ2) is 7.69. The molecule has 1 N–H and O–H groups in total. The average Bonchev–Trinajstić information content (AvgIpc) is 2.60. The van der Waals surface area contributed by atoms with Gasteiger partial charge < -0.3 is 5.32 Å². The van der Waals surface area contributed by atoms with Gasteiger partial charge in [0.05, 0.1) is 15.8 Å². The molecule has 2 aromatic carbocycles. The van der Waals surface area contributed by atoms with E-state index in [1.807, 2.05) is 67.6 Å². The predicted octanol–water partition coefficient (Wildman–Crippen LogP) is 4.69. The van der Waals surface area contributed by atoms with Crippen LogP contribution in [0.2, 0.25) is 5.02 Å². The topological polar surface area (TPSA) is 42.0 Å². The third-order valence-corrected chi connectivity index (χ3v) is 5.06. The van der Waals surface area contributed by atoms with E-state index in [0.717, 1.165) is 21.5 Å². The molecule has 1 atom stereocenters. The van der Waals surface area contributed by atoms with Crippen molar-refractivity contribution in [2.75, 3.05) is 0 Å². The summed E-state index contributed by atoms with van der Waals surface area (Å²) < 4.78 is 0. The number of nitrogens with one attached hydrogen (secondary N) is 1. The first kappa shape index (κ1) is 16.8. The van der Waals surface area contributed by atoms with Crippen LogP contribution < -0.4 is 5.32 Å². The minimum Gasteiger partial charge on any atom is -0.351 e. The number of carbonyl (C=O) groups excluding carboxylic acids is 1. The molecular formula is C19H17ClN2OS. The molecule has 3 aromatic rings. The Morgan fingerprint density at radius 3 is 2.71 bits per heavy atom. The first-order chi connectivity index (χ1) is 11.6. The number of pyridine rings is 1. The molecule has 3 rings (SSSR count). The Bertz CT molecular complexity index is 869. The molecule has 1 aromatic heterocycles. The highest BCUT2D eigenvalue weighted by Crippen LogP contribution is 2.24. The van der Waals surface area contributed by atoms with Crippen molar-refractivity contribution in [2.45, 2.75) is 23.7 Å². The standard InChI is InChI=1S/C19H17ClN2OS/c1-13(19(23)21-12-15-7-2-4-8-16(15)20)24-18-11-10-14-6-3-5-9-17(14)22-18/h2-11,13H,12H2,1H3,(H,21,23). The van der Waals surface area contributed by atoms with Crippen molar-refractivity contribution < 1.29 is 4.79 Å². The van der Waals surface area contributed by atoms with E-state index in [2.05, 4.69) is 10.3 Å². The lowest BCUT2D eigenvalue weighted by Gasteiger charge is -2.12. The summed E-state index contributed by atoms with van der Waals surface area (Å²) in [7, 11) is 0. The van der Waals surface area contributed by atoms with Gasteiger partial charge in [0.25, 0.3) is 0 Å². The number of fused-ring (bicyclic) bond motifs is 1. The molecule has 0 aliphatic rings. The van der Waals surface area contributed by atoms with Crippen molar-refractivity contribution in [3.05, 3.63) is 71.2 Å². The fraction of sp³-hybridized carbons (Fsp3) is 0.158. The van der Waals surface area contributed by atoms with Crippen LogP contribution in [-0.4, -0.2) is 16.1 Å². The number of carbonyl (C=O) groups is 1. The zero-order chi connectivity index (χ0) is 16.9. The molecule has 0 bridgehead atoms. The van der Waals surface area contributed by atoms with Gasteiger partial charge in [0.15, 0.2) is 0 Å². The summed E-state index contributed by atoms with van der Waals surface area (Å²) >= 11 is 7.56. The Kier molecular flexibility index (Phi) is 5.38. The molecular weight excluding hydrogens is 340 g/mol. The Morgan fingerprint density at radius 2 is 1.88 bits per heavy atom. The van der Waals surface area contributed by atoms with Crippen molar-refractivity contribution in [1.82, 2.24) is 10.3 Å². The molecule has 0 fully saturated rings. The van der Waals surface area contributed by atoms with Crippen LogP contribution in [0.4, 0.5) is 0 Å². The molecule has 1 unspecified atom stereocenters. The van der Waals surface area contributed by atoms with Gasteiger partial charge in [-0.25, -0.2) is 4.98 Å². The van der Waals surface area contributed by atoms with Crippen LogP contribution in [0.5, 0.6) is 0 Å². The maximum atomic E-state index is 12.3. The molecule has 3 nitrogen and oxygen atoms in total. The predicted molar refractivity (Wildman–Crippen MR) is 100 cm³/mol. The highest BCUT2D eigenvalue weighted by molar-refractivity contribution is 8.00. The minimum absolute atomic E-state index is 0.0325. The zero-order valence-electron chi connectivity index (χ0n) is 13.2. The summed E-state index contributed by atoms with van der Waals surface area (Å²) in [5, 5.41) is 5.29. The number of hydrogen-bond acceptors (Lipinski definition) is 3. The molecule has 0 aliphatic carbocycles. The Hall–Kier alpha value is -2.04. The number of nitrogens with zero attached hydrogens (tertiary/aromatic N) is 1. The van der Waals surface area contributed by atoms with Gasteiger partial charge >= 0.3 is 0 Å². The van der Waals surface area contributed by atoms with Crippen LogP contribution >= 0.6 is 23.4 Å². The van der Waals surface area contributed by atoms with Gasteiger partial charge in [-0.15, -0.1) is 0 Å². The van der Waals surface area contributed by atoms with Crippen LogP contribution in [0.1, 0.15) is 12.5 Å². The summed E-state index contributed by atoms with van der Waals surface area (Å²) in [6.07, 6.45) is 0. The second-order valence-electron chi connectivity index (χ2n) is 5.41. The second-order valence-corrected chi connectivity index (χ2v) is 7.18. The first-order valence-corrected chi connectivity index (χ1v) is 8.93. The summed E-state index contributed by atoms with van der Waals surface area (Å²) in [5.41, 5.74) is 1.85. The number of thioether (sulfide) groups is 1. The molecule has 0 radical (unpaired) electrons. The zero-order valence-corrected chi connectivity index (χ0v) is 14.8. The normalized spacial score (nSPS) is 12.1. The highest BCUT2D eigenvalue weighted by Gasteiger charge is 2.15. The monoisotopic (exact) mass is 356 g/mol. The molecule has 0 spiro atoms. The lowest BCUT2D eigenvalue weighted by Crippen LogP contribution is -2.30. The van der Waals surface area contributed by atoms with Crippen LogP contribution in [0, 0.1) is 0 Å². The largest absolute Gasteiger partial charge is 0.351 e. The lowest BCUT2D eigenvalue weighted by molar-refractivity contribution is -0.120. The molecule has 5 heteroatoms. The SMILES string of the molecule is CC(Sc1ccc2ccccc2n1)C(=O)NCc1ccccc1Cl. The van der Waals surface area contributed by atoms with Gasteiger partial charge in [-0.3, -0.25) is 4.79 Å². The van der Waals surface area contributed by atoms with Crippen molar-refractivity contribution in [2.24, 2.45) is 0 Å². The van der Waals surface area contributed by atoms with Crippen molar-refractivity contribution >= 4 is 40.2 Å². The summed E-state index contributed by atoms with van der Waals surface area (Å²) in [4.78, 5) is 16.9. The maximum absolute atomic E-state index is 12.3. The van der Waals surface area contributed by atoms with Gasteiger partial charge in [0.2, 0.25) is 5.91 Å². The lowest BCUT2D eigenvalue weighted by atomic mass is 10.2. The number of hydrogen-bond donors (Lipinski definition) is 1.